The van der Waals surface area contributed by atoms with Gasteiger partial charge in [-0.15, -0.1) is 0 Å². The Morgan fingerprint density at radius 1 is 1.22 bits per heavy atom. The zero-order chi connectivity index (χ0) is 6.69. The molecule has 0 amide bonds. The molecule has 45 valence electrons. The van der Waals surface area contributed by atoms with Gasteiger partial charge in [-0.2, -0.15) is 0 Å². The van der Waals surface area contributed by atoms with E-state index >= 15 is 0 Å². The van der Waals surface area contributed by atoms with Gasteiger partial charge in [-0.25, -0.2) is 0 Å². The highest BCUT2D eigenvalue weighted by Gasteiger charge is 1.84. The SMILES string of the molecule is [CH]=Cc1ccc(O)cc1. The Labute approximate surface area is 54.3 Å². The third-order valence-corrected chi connectivity index (χ3v) is 1.09. The average molecular weight is 119 g/mol. The smallest absolute Gasteiger partial charge is 0.115 e. The van der Waals surface area contributed by atoms with Crippen LogP contribution in [0.1, 0.15) is 5.56 Å². The topological polar surface area (TPSA) is 20.2 Å². The average Bonchev–Trinajstić information content (AvgIpc) is 1.90. The van der Waals surface area contributed by atoms with Gasteiger partial charge >= 0.3 is 0 Å². The normalized spacial score (nSPS) is 8.89. The van der Waals surface area contributed by atoms with Crippen molar-refractivity contribution in [3.8, 4) is 5.75 Å². The molecule has 0 fully saturated rings. The monoisotopic (exact) mass is 119 g/mol. The van der Waals surface area contributed by atoms with Crippen LogP contribution in [-0.2, 0) is 0 Å². The third-order valence-electron chi connectivity index (χ3n) is 1.09. The fourth-order valence-electron chi connectivity index (χ4n) is 0.585. The highest BCUT2D eigenvalue weighted by molar-refractivity contribution is 5.46. The summed E-state index contributed by atoms with van der Waals surface area (Å²) in [6.07, 6.45) is 1.49. The van der Waals surface area contributed by atoms with Gasteiger partial charge in [-0.05, 0) is 17.7 Å². The van der Waals surface area contributed by atoms with Crippen LogP contribution < -0.4 is 0 Å². The maximum Gasteiger partial charge on any atom is 0.115 e. The van der Waals surface area contributed by atoms with Gasteiger partial charge < -0.3 is 5.11 Å². The summed E-state index contributed by atoms with van der Waals surface area (Å²) in [7, 11) is 0. The van der Waals surface area contributed by atoms with E-state index < -0.39 is 0 Å². The van der Waals surface area contributed by atoms with Gasteiger partial charge in [0, 0.05) is 0 Å². The van der Waals surface area contributed by atoms with Crippen LogP contribution in [0.4, 0.5) is 0 Å². The Hall–Kier alpha value is -1.24. The molecule has 0 saturated heterocycles. The van der Waals surface area contributed by atoms with Gasteiger partial charge in [0.1, 0.15) is 5.75 Å². The standard InChI is InChI=1S/C8H7O/c1-2-7-3-5-8(9)6-4-7/h1-6,9H. The zero-order valence-electron chi connectivity index (χ0n) is 4.91. The third kappa shape index (κ3) is 1.32. The Morgan fingerprint density at radius 2 is 1.78 bits per heavy atom. The summed E-state index contributed by atoms with van der Waals surface area (Å²) in [6, 6.07) is 6.68. The molecule has 0 unspecified atom stereocenters. The minimum Gasteiger partial charge on any atom is -0.508 e. The second-order valence-electron chi connectivity index (χ2n) is 1.76. The summed E-state index contributed by atoms with van der Waals surface area (Å²) in [5.41, 5.74) is 0.910. The molecule has 1 nitrogen and oxygen atoms in total. The largest absolute Gasteiger partial charge is 0.508 e. The minimum absolute atomic E-state index is 0.264. The number of phenols is 1. The first-order chi connectivity index (χ1) is 4.33. The van der Waals surface area contributed by atoms with Crippen molar-refractivity contribution >= 4 is 6.08 Å². The molecule has 0 spiro atoms. The van der Waals surface area contributed by atoms with Gasteiger partial charge in [0.25, 0.3) is 0 Å². The van der Waals surface area contributed by atoms with Crippen molar-refractivity contribution in [2.75, 3.05) is 0 Å². The maximum atomic E-state index is 8.80. The van der Waals surface area contributed by atoms with Gasteiger partial charge in [0.2, 0.25) is 0 Å². The molecule has 0 aliphatic rings. The summed E-state index contributed by atoms with van der Waals surface area (Å²) < 4.78 is 0. The number of phenolic OH excluding ortho intramolecular Hbond substituents is 1. The summed E-state index contributed by atoms with van der Waals surface area (Å²) >= 11 is 0. The second kappa shape index (κ2) is 2.35. The summed E-state index contributed by atoms with van der Waals surface area (Å²) in [6.45, 7) is 5.19. The van der Waals surface area contributed by atoms with Crippen LogP contribution in [-0.4, -0.2) is 5.11 Å². The molecule has 1 radical (unpaired) electrons. The first-order valence-electron chi connectivity index (χ1n) is 2.67. The van der Waals surface area contributed by atoms with E-state index in [4.69, 9.17) is 11.7 Å². The molecule has 1 heteroatoms. The predicted molar refractivity (Wildman–Crippen MR) is 36.9 cm³/mol. The van der Waals surface area contributed by atoms with Crippen molar-refractivity contribution in [3.05, 3.63) is 36.4 Å². The number of hydrogen-bond donors (Lipinski definition) is 1. The van der Waals surface area contributed by atoms with E-state index in [0.29, 0.717) is 0 Å². The number of hydrogen-bond acceptors (Lipinski definition) is 1. The van der Waals surface area contributed by atoms with Crippen molar-refractivity contribution in [2.24, 2.45) is 0 Å². The van der Waals surface area contributed by atoms with Crippen LogP contribution in [0.2, 0.25) is 0 Å². The van der Waals surface area contributed by atoms with E-state index in [1.54, 1.807) is 24.3 Å². The fraction of sp³-hybridized carbons (Fsp3) is 0. The lowest BCUT2D eigenvalue weighted by Crippen LogP contribution is -1.67. The zero-order valence-corrected chi connectivity index (χ0v) is 4.91. The van der Waals surface area contributed by atoms with Crippen LogP contribution in [0.5, 0.6) is 5.75 Å². The van der Waals surface area contributed by atoms with Crippen molar-refractivity contribution < 1.29 is 5.11 Å². The van der Waals surface area contributed by atoms with Crippen LogP contribution in [0.15, 0.2) is 24.3 Å². The lowest BCUT2D eigenvalue weighted by Gasteiger charge is -1.90. The summed E-state index contributed by atoms with van der Waals surface area (Å²) in [5, 5.41) is 8.80. The Balaban J connectivity index is 3.01. The molecule has 0 aromatic heterocycles. The molecule has 1 aromatic rings. The first-order valence-corrected chi connectivity index (χ1v) is 2.67. The van der Waals surface area contributed by atoms with Gasteiger partial charge in [0.15, 0.2) is 0 Å². The molecule has 0 saturated carbocycles. The maximum absolute atomic E-state index is 8.80. The molecule has 1 N–H and O–H groups in total. The van der Waals surface area contributed by atoms with E-state index in [1.165, 1.54) is 6.08 Å². The Morgan fingerprint density at radius 3 is 2.22 bits per heavy atom. The first kappa shape index (κ1) is 5.89. The van der Waals surface area contributed by atoms with E-state index in [9.17, 15) is 0 Å². The molecule has 0 atom stereocenters. The van der Waals surface area contributed by atoms with Crippen molar-refractivity contribution in [3.63, 3.8) is 0 Å². The van der Waals surface area contributed by atoms with Crippen LogP contribution in [0.3, 0.4) is 0 Å². The molecular formula is C8H7O. The van der Waals surface area contributed by atoms with E-state index in [1.807, 2.05) is 0 Å². The number of aromatic hydroxyl groups is 1. The highest BCUT2D eigenvalue weighted by atomic mass is 16.3. The van der Waals surface area contributed by atoms with E-state index in [2.05, 4.69) is 0 Å². The lowest BCUT2D eigenvalue weighted by molar-refractivity contribution is 0.475. The van der Waals surface area contributed by atoms with Gasteiger partial charge in [-0.3, -0.25) is 0 Å². The lowest BCUT2D eigenvalue weighted by atomic mass is 10.2. The molecule has 9 heavy (non-hydrogen) atoms. The van der Waals surface area contributed by atoms with E-state index in [-0.39, 0.29) is 5.75 Å². The molecule has 0 aliphatic carbocycles. The molecule has 0 aliphatic heterocycles. The Bertz CT molecular complexity index is 198. The molecule has 1 rings (SSSR count). The molecule has 0 heterocycles. The minimum atomic E-state index is 0.264. The molecule has 1 aromatic carbocycles. The fourth-order valence-corrected chi connectivity index (χ4v) is 0.585. The van der Waals surface area contributed by atoms with Gasteiger partial charge in [0.05, 0.1) is 0 Å². The second-order valence-corrected chi connectivity index (χ2v) is 1.76. The van der Waals surface area contributed by atoms with Crippen molar-refractivity contribution in [2.45, 2.75) is 0 Å². The number of benzene rings is 1. The number of rotatable bonds is 1. The molecular weight excluding hydrogens is 112 g/mol. The van der Waals surface area contributed by atoms with Crippen molar-refractivity contribution in [1.29, 1.82) is 0 Å². The van der Waals surface area contributed by atoms with Crippen LogP contribution in [0.25, 0.3) is 6.08 Å². The predicted octanol–water partition coefficient (Wildman–Crippen LogP) is 1.84. The highest BCUT2D eigenvalue weighted by Crippen LogP contribution is 2.09. The molecule has 0 bridgehead atoms. The van der Waals surface area contributed by atoms with E-state index in [0.717, 1.165) is 5.56 Å². The van der Waals surface area contributed by atoms with Crippen LogP contribution >= 0.6 is 0 Å². The van der Waals surface area contributed by atoms with Gasteiger partial charge in [-0.1, -0.05) is 24.8 Å². The quantitative estimate of drug-likeness (QED) is 0.598. The summed E-state index contributed by atoms with van der Waals surface area (Å²) in [4.78, 5) is 0. The summed E-state index contributed by atoms with van der Waals surface area (Å²) in [5.74, 6) is 0.264. The van der Waals surface area contributed by atoms with Crippen molar-refractivity contribution in [1.82, 2.24) is 0 Å². The Kier molecular flexibility index (Phi) is 1.54. The van der Waals surface area contributed by atoms with Crippen LogP contribution in [0, 0.1) is 6.58 Å².